The molecule has 0 aliphatic heterocycles. The van der Waals surface area contributed by atoms with E-state index >= 15 is 0 Å². The van der Waals surface area contributed by atoms with Crippen LogP contribution in [0.3, 0.4) is 0 Å². The first-order chi connectivity index (χ1) is 9.47. The normalized spacial score (nSPS) is 16.1. The molecule has 0 spiro atoms. The van der Waals surface area contributed by atoms with E-state index in [1.165, 1.54) is 18.2 Å². The molecule has 2 N–H and O–H groups in total. The monoisotopic (exact) mass is 286 g/mol. The zero-order valence-corrected chi connectivity index (χ0v) is 11.0. The van der Waals surface area contributed by atoms with Gasteiger partial charge in [-0.15, -0.1) is 0 Å². The zero-order chi connectivity index (χ0) is 14.6. The molecule has 110 valence electrons. The van der Waals surface area contributed by atoms with E-state index in [1.807, 2.05) is 0 Å². The first-order valence-electron chi connectivity index (χ1n) is 6.66. The second kappa shape index (κ2) is 6.15. The molecule has 0 unspecified atom stereocenters. The molecule has 1 fully saturated rings. The van der Waals surface area contributed by atoms with E-state index in [4.69, 9.17) is 0 Å². The van der Waals surface area contributed by atoms with Crippen LogP contribution in [0.25, 0.3) is 0 Å². The van der Waals surface area contributed by atoms with Gasteiger partial charge in [-0.2, -0.15) is 13.2 Å². The smallest absolute Gasteiger partial charge is 0.376 e. The zero-order valence-electron chi connectivity index (χ0n) is 11.0. The number of hydrogen-bond donors (Lipinski definition) is 2. The molecule has 0 radical (unpaired) electrons. The maximum absolute atomic E-state index is 12.8. The van der Waals surface area contributed by atoms with Crippen LogP contribution in [0.1, 0.15) is 31.2 Å². The number of rotatable bonds is 4. The fourth-order valence-corrected chi connectivity index (χ4v) is 2.41. The topological polar surface area (TPSA) is 41.1 Å². The lowest BCUT2D eigenvalue weighted by Gasteiger charge is -2.16. The van der Waals surface area contributed by atoms with Crippen LogP contribution < -0.4 is 10.6 Å². The van der Waals surface area contributed by atoms with E-state index in [2.05, 4.69) is 10.6 Å². The van der Waals surface area contributed by atoms with Crippen molar-refractivity contribution < 1.29 is 18.0 Å². The van der Waals surface area contributed by atoms with Gasteiger partial charge in [-0.05, 0) is 25.0 Å². The predicted octanol–water partition coefficient (Wildman–Crippen LogP) is 3.18. The van der Waals surface area contributed by atoms with Crippen molar-refractivity contribution in [2.75, 3.05) is 11.9 Å². The fraction of sp³-hybridized carbons (Fsp3) is 0.500. The number of amides is 1. The molecule has 2 rings (SSSR count). The van der Waals surface area contributed by atoms with E-state index in [9.17, 15) is 18.0 Å². The summed E-state index contributed by atoms with van der Waals surface area (Å²) in [5.74, 6) is -0.270. The quantitative estimate of drug-likeness (QED) is 0.892. The van der Waals surface area contributed by atoms with Gasteiger partial charge in [0.1, 0.15) is 0 Å². The van der Waals surface area contributed by atoms with Gasteiger partial charge in [-0.3, -0.25) is 4.79 Å². The highest BCUT2D eigenvalue weighted by atomic mass is 19.4. The molecule has 0 bridgehead atoms. The van der Waals surface area contributed by atoms with E-state index < -0.39 is 11.7 Å². The number of anilines is 1. The van der Waals surface area contributed by atoms with Gasteiger partial charge < -0.3 is 10.6 Å². The molecule has 0 atom stereocenters. The van der Waals surface area contributed by atoms with Crippen molar-refractivity contribution in [2.24, 2.45) is 0 Å². The van der Waals surface area contributed by atoms with Crippen molar-refractivity contribution in [2.45, 2.75) is 37.9 Å². The first kappa shape index (κ1) is 14.7. The van der Waals surface area contributed by atoms with Crippen LogP contribution in [-0.4, -0.2) is 18.5 Å². The number of nitrogens with one attached hydrogen (secondary N) is 2. The summed E-state index contributed by atoms with van der Waals surface area (Å²) in [6.45, 7) is -0.149. The van der Waals surface area contributed by atoms with Gasteiger partial charge in [0.2, 0.25) is 5.91 Å². The molecule has 0 heterocycles. The molecule has 1 aliphatic carbocycles. The highest BCUT2D eigenvalue weighted by Gasteiger charge is 2.33. The predicted molar refractivity (Wildman–Crippen MR) is 70.3 cm³/mol. The van der Waals surface area contributed by atoms with Crippen molar-refractivity contribution in [3.05, 3.63) is 29.8 Å². The minimum atomic E-state index is -4.43. The fourth-order valence-electron chi connectivity index (χ4n) is 2.41. The lowest BCUT2D eigenvalue weighted by atomic mass is 10.1. The largest absolute Gasteiger partial charge is 0.418 e. The van der Waals surface area contributed by atoms with Crippen LogP contribution in [0.15, 0.2) is 24.3 Å². The third kappa shape index (κ3) is 3.88. The lowest BCUT2D eigenvalue weighted by molar-refractivity contribution is -0.137. The maximum Gasteiger partial charge on any atom is 0.418 e. The highest BCUT2D eigenvalue weighted by molar-refractivity contribution is 5.81. The SMILES string of the molecule is O=C(CNc1ccccc1C(F)(F)F)NC1CCCC1. The van der Waals surface area contributed by atoms with Gasteiger partial charge in [0, 0.05) is 11.7 Å². The Balaban J connectivity index is 1.92. The van der Waals surface area contributed by atoms with Crippen LogP contribution in [0, 0.1) is 0 Å². The molecule has 1 aromatic rings. The number of alkyl halides is 3. The van der Waals surface area contributed by atoms with Gasteiger partial charge >= 0.3 is 6.18 Å². The van der Waals surface area contributed by atoms with Crippen LogP contribution >= 0.6 is 0 Å². The van der Waals surface area contributed by atoms with Gasteiger partial charge in [-0.1, -0.05) is 25.0 Å². The Labute approximate surface area is 115 Å². The summed E-state index contributed by atoms with van der Waals surface area (Å²) < 4.78 is 38.3. The molecule has 0 saturated heterocycles. The molecule has 0 aromatic heterocycles. The summed E-state index contributed by atoms with van der Waals surface area (Å²) in [6, 6.07) is 5.32. The Kier molecular flexibility index (Phi) is 4.52. The van der Waals surface area contributed by atoms with Crippen LogP contribution in [0.2, 0.25) is 0 Å². The average Bonchev–Trinajstić information content (AvgIpc) is 2.88. The lowest BCUT2D eigenvalue weighted by Crippen LogP contribution is -2.36. The molecule has 20 heavy (non-hydrogen) atoms. The Bertz CT molecular complexity index is 468. The van der Waals surface area contributed by atoms with Gasteiger partial charge in [0.15, 0.2) is 0 Å². The van der Waals surface area contributed by atoms with E-state index in [1.54, 1.807) is 0 Å². The second-order valence-electron chi connectivity index (χ2n) is 4.95. The number of carbonyl (C=O) groups is 1. The summed E-state index contributed by atoms with van der Waals surface area (Å²) in [4.78, 5) is 11.7. The number of hydrogen-bond acceptors (Lipinski definition) is 2. The number of benzene rings is 1. The van der Waals surface area contributed by atoms with Crippen LogP contribution in [0.4, 0.5) is 18.9 Å². The van der Waals surface area contributed by atoms with Crippen molar-refractivity contribution in [3.63, 3.8) is 0 Å². The Morgan fingerprint density at radius 1 is 1.20 bits per heavy atom. The number of para-hydroxylation sites is 1. The van der Waals surface area contributed by atoms with Crippen molar-refractivity contribution in [1.29, 1.82) is 0 Å². The Morgan fingerprint density at radius 2 is 1.85 bits per heavy atom. The molecule has 1 amide bonds. The molecular formula is C14H17F3N2O. The first-order valence-corrected chi connectivity index (χ1v) is 6.66. The van der Waals surface area contributed by atoms with Gasteiger partial charge in [0.25, 0.3) is 0 Å². The number of carbonyl (C=O) groups excluding carboxylic acids is 1. The number of halogens is 3. The summed E-state index contributed by atoms with van der Waals surface area (Å²) >= 11 is 0. The maximum atomic E-state index is 12.8. The van der Waals surface area contributed by atoms with E-state index in [0.717, 1.165) is 31.7 Å². The highest BCUT2D eigenvalue weighted by Crippen LogP contribution is 2.34. The van der Waals surface area contributed by atoms with Crippen LogP contribution in [-0.2, 0) is 11.0 Å². The Morgan fingerprint density at radius 3 is 2.50 bits per heavy atom. The molecule has 1 aromatic carbocycles. The Hall–Kier alpha value is -1.72. The van der Waals surface area contributed by atoms with Crippen molar-refractivity contribution >= 4 is 11.6 Å². The van der Waals surface area contributed by atoms with Gasteiger partial charge in [0.05, 0.1) is 12.1 Å². The molecular weight excluding hydrogens is 269 g/mol. The molecule has 1 aliphatic rings. The summed E-state index contributed by atoms with van der Waals surface area (Å²) in [5, 5.41) is 5.39. The minimum absolute atomic E-state index is 0.0680. The van der Waals surface area contributed by atoms with Gasteiger partial charge in [-0.25, -0.2) is 0 Å². The van der Waals surface area contributed by atoms with Crippen molar-refractivity contribution in [3.8, 4) is 0 Å². The average molecular weight is 286 g/mol. The molecule has 1 saturated carbocycles. The molecule has 3 nitrogen and oxygen atoms in total. The third-order valence-corrected chi connectivity index (χ3v) is 3.39. The van der Waals surface area contributed by atoms with Crippen LogP contribution in [0.5, 0.6) is 0 Å². The summed E-state index contributed by atoms with van der Waals surface area (Å²) in [7, 11) is 0. The van der Waals surface area contributed by atoms with E-state index in [-0.39, 0.29) is 24.2 Å². The standard InChI is InChI=1S/C14H17F3N2O/c15-14(16,17)11-7-3-4-8-12(11)18-9-13(20)19-10-5-1-2-6-10/h3-4,7-8,10,18H,1-2,5-6,9H2,(H,19,20). The minimum Gasteiger partial charge on any atom is -0.376 e. The molecule has 6 heteroatoms. The van der Waals surface area contributed by atoms with E-state index in [0.29, 0.717) is 0 Å². The second-order valence-corrected chi connectivity index (χ2v) is 4.95. The van der Waals surface area contributed by atoms with Crippen molar-refractivity contribution in [1.82, 2.24) is 5.32 Å². The summed E-state index contributed by atoms with van der Waals surface area (Å²) in [5.41, 5.74) is -0.824. The summed E-state index contributed by atoms with van der Waals surface area (Å²) in [6.07, 6.45) is -0.341. The third-order valence-electron chi connectivity index (χ3n) is 3.39.